The van der Waals surface area contributed by atoms with E-state index in [1.54, 1.807) is 0 Å². The molecule has 0 amide bonds. The molecule has 0 aliphatic carbocycles. The van der Waals surface area contributed by atoms with Crippen LogP contribution in [0.2, 0.25) is 0 Å². The van der Waals surface area contributed by atoms with Gasteiger partial charge in [-0.3, -0.25) is 19.3 Å². The van der Waals surface area contributed by atoms with Crippen LogP contribution in [0.25, 0.3) is 4.96 Å². The predicted molar refractivity (Wildman–Crippen MR) is 67.7 cm³/mol. The lowest BCUT2D eigenvalue weighted by atomic mass is 10.3. The molecule has 9 nitrogen and oxygen atoms in total. The molecule has 0 spiro atoms. The number of aromatic nitrogens is 3. The number of carboxylic acids is 2. The van der Waals surface area contributed by atoms with E-state index >= 15 is 0 Å². The third-order valence-corrected chi connectivity index (χ3v) is 3.02. The van der Waals surface area contributed by atoms with Gasteiger partial charge in [-0.25, -0.2) is 4.98 Å². The maximum atomic E-state index is 11.7. The van der Waals surface area contributed by atoms with Gasteiger partial charge in [0.15, 0.2) is 0 Å². The zero-order valence-corrected chi connectivity index (χ0v) is 10.9. The highest BCUT2D eigenvalue weighted by molar-refractivity contribution is 7.14. The van der Waals surface area contributed by atoms with Gasteiger partial charge >= 0.3 is 11.9 Å². The summed E-state index contributed by atoms with van der Waals surface area (Å²) in [5.74, 6) is -2.30. The van der Waals surface area contributed by atoms with E-state index in [1.807, 2.05) is 0 Å². The summed E-state index contributed by atoms with van der Waals surface area (Å²) in [5.41, 5.74) is 1.37. The van der Waals surface area contributed by atoms with Crippen LogP contribution in [0.1, 0.15) is 5.69 Å². The Balaban J connectivity index is 2.25. The van der Waals surface area contributed by atoms with Gasteiger partial charge in [0.05, 0.1) is 18.8 Å². The van der Waals surface area contributed by atoms with Crippen LogP contribution < -0.4 is 5.56 Å². The lowest BCUT2D eigenvalue weighted by Crippen LogP contribution is -2.34. The van der Waals surface area contributed by atoms with Crippen molar-refractivity contribution in [3.8, 4) is 0 Å². The topological polar surface area (TPSA) is 125 Å². The first kappa shape index (κ1) is 14.1. The number of carbonyl (C=O) groups is 2. The van der Waals surface area contributed by atoms with Gasteiger partial charge in [0.2, 0.25) is 4.96 Å². The Labute approximate surface area is 115 Å². The molecule has 0 radical (unpaired) electrons. The van der Waals surface area contributed by atoms with E-state index in [0.29, 0.717) is 10.7 Å². The number of hydrogen-bond donors (Lipinski definition) is 2. The Morgan fingerprint density at radius 1 is 1.30 bits per heavy atom. The van der Waals surface area contributed by atoms with Crippen molar-refractivity contribution in [1.82, 2.24) is 19.5 Å². The minimum Gasteiger partial charge on any atom is -0.480 e. The van der Waals surface area contributed by atoms with Crippen LogP contribution in [-0.4, -0.2) is 54.7 Å². The van der Waals surface area contributed by atoms with Crippen molar-refractivity contribution >= 4 is 28.2 Å². The molecule has 2 N–H and O–H groups in total. The summed E-state index contributed by atoms with van der Waals surface area (Å²) >= 11 is 1.16. The number of nitrogens with zero attached hydrogens (tertiary/aromatic N) is 4. The van der Waals surface area contributed by atoms with Gasteiger partial charge in [0.1, 0.15) is 5.51 Å². The minimum atomic E-state index is -1.15. The third-order valence-electron chi connectivity index (χ3n) is 2.34. The Hall–Kier alpha value is -2.33. The van der Waals surface area contributed by atoms with E-state index in [2.05, 4.69) is 10.1 Å². The average molecular weight is 298 g/mol. The molecular weight excluding hydrogens is 288 g/mol. The van der Waals surface area contributed by atoms with Gasteiger partial charge in [-0.1, -0.05) is 11.3 Å². The van der Waals surface area contributed by atoms with Crippen LogP contribution in [-0.2, 0) is 16.1 Å². The van der Waals surface area contributed by atoms with E-state index in [9.17, 15) is 14.4 Å². The van der Waals surface area contributed by atoms with Crippen molar-refractivity contribution in [2.45, 2.75) is 6.54 Å². The van der Waals surface area contributed by atoms with Gasteiger partial charge in [-0.2, -0.15) is 9.61 Å². The van der Waals surface area contributed by atoms with Gasteiger partial charge in [-0.05, 0) is 0 Å². The first-order valence-electron chi connectivity index (χ1n) is 5.44. The van der Waals surface area contributed by atoms with Crippen molar-refractivity contribution in [1.29, 1.82) is 0 Å². The molecule has 2 heterocycles. The molecule has 0 unspecified atom stereocenters. The van der Waals surface area contributed by atoms with Crippen LogP contribution in [0.5, 0.6) is 0 Å². The highest BCUT2D eigenvalue weighted by Crippen LogP contribution is 2.06. The van der Waals surface area contributed by atoms with E-state index in [1.165, 1.54) is 16.5 Å². The Morgan fingerprint density at radius 2 is 1.95 bits per heavy atom. The fourth-order valence-electron chi connectivity index (χ4n) is 1.66. The molecule has 0 bridgehead atoms. The highest BCUT2D eigenvalue weighted by atomic mass is 32.1. The van der Waals surface area contributed by atoms with Crippen LogP contribution in [0.4, 0.5) is 0 Å². The minimum absolute atomic E-state index is 0.0394. The second-order valence-electron chi connectivity index (χ2n) is 3.95. The fraction of sp³-hybridized carbons (Fsp3) is 0.300. The van der Waals surface area contributed by atoms with Crippen molar-refractivity contribution in [3.63, 3.8) is 0 Å². The number of hydrogen-bond acceptors (Lipinski definition) is 7. The molecule has 20 heavy (non-hydrogen) atoms. The maximum Gasteiger partial charge on any atom is 0.317 e. The van der Waals surface area contributed by atoms with Crippen LogP contribution in [0, 0.1) is 0 Å². The van der Waals surface area contributed by atoms with Gasteiger partial charge in [0, 0.05) is 12.6 Å². The summed E-state index contributed by atoms with van der Waals surface area (Å²) in [6, 6.07) is 1.21. The van der Waals surface area contributed by atoms with E-state index in [0.717, 1.165) is 15.9 Å². The Bertz CT molecular complexity index is 693. The van der Waals surface area contributed by atoms with Crippen molar-refractivity contribution < 1.29 is 19.8 Å². The summed E-state index contributed by atoms with van der Waals surface area (Å²) < 4.78 is 1.12. The van der Waals surface area contributed by atoms with Crippen LogP contribution in [0.15, 0.2) is 16.4 Å². The molecule has 0 atom stereocenters. The van der Waals surface area contributed by atoms with Crippen LogP contribution in [0.3, 0.4) is 0 Å². The molecule has 0 aliphatic rings. The second kappa shape index (κ2) is 5.75. The standard InChI is InChI=1S/C10H10N4O5S/c15-7-1-6(12-10-14(7)11-5-20-10)2-13(3-8(16)17)4-9(18)19/h1,5H,2-4H2,(H,16,17)(H,18,19). The lowest BCUT2D eigenvalue weighted by Gasteiger charge is -2.16. The number of fused-ring (bicyclic) bond motifs is 1. The molecule has 106 valence electrons. The molecule has 2 aromatic rings. The largest absolute Gasteiger partial charge is 0.480 e. The first-order chi connectivity index (χ1) is 9.45. The Kier molecular flexibility index (Phi) is 4.05. The Morgan fingerprint density at radius 3 is 2.55 bits per heavy atom. The third kappa shape index (κ3) is 3.36. The predicted octanol–water partition coefficient (Wildman–Crippen LogP) is -0.878. The van der Waals surface area contributed by atoms with E-state index in [4.69, 9.17) is 10.2 Å². The lowest BCUT2D eigenvalue weighted by molar-refractivity contribution is -0.142. The summed E-state index contributed by atoms with van der Waals surface area (Å²) in [5, 5.41) is 21.3. The van der Waals surface area contributed by atoms with E-state index < -0.39 is 30.6 Å². The summed E-state index contributed by atoms with van der Waals surface area (Å²) in [6.07, 6.45) is 0. The monoisotopic (exact) mass is 298 g/mol. The molecule has 2 aromatic heterocycles. The van der Waals surface area contributed by atoms with Crippen molar-refractivity contribution in [3.05, 3.63) is 27.6 Å². The normalized spacial score (nSPS) is 11.1. The fourth-order valence-corrected chi connectivity index (χ4v) is 2.30. The highest BCUT2D eigenvalue weighted by Gasteiger charge is 2.15. The molecule has 0 fully saturated rings. The quantitative estimate of drug-likeness (QED) is 0.704. The van der Waals surface area contributed by atoms with Gasteiger partial charge in [0.25, 0.3) is 5.56 Å². The summed E-state index contributed by atoms with van der Waals surface area (Å²) in [6.45, 7) is -0.936. The number of carboxylic acid groups (broad SMARTS) is 2. The number of aliphatic carboxylic acids is 2. The first-order valence-corrected chi connectivity index (χ1v) is 6.32. The average Bonchev–Trinajstić information content (AvgIpc) is 2.75. The molecule has 0 aliphatic heterocycles. The SMILES string of the molecule is O=C(O)CN(CC(=O)O)Cc1cc(=O)n2ncsc2n1. The maximum absolute atomic E-state index is 11.7. The zero-order valence-electron chi connectivity index (χ0n) is 10.1. The van der Waals surface area contributed by atoms with E-state index in [-0.39, 0.29) is 6.54 Å². The molecule has 0 aromatic carbocycles. The molecule has 0 saturated carbocycles. The van der Waals surface area contributed by atoms with Crippen molar-refractivity contribution in [2.75, 3.05) is 13.1 Å². The van der Waals surface area contributed by atoms with Gasteiger partial charge in [-0.15, -0.1) is 0 Å². The molecule has 0 saturated heterocycles. The molecule has 2 rings (SSSR count). The van der Waals surface area contributed by atoms with Crippen molar-refractivity contribution in [2.24, 2.45) is 0 Å². The summed E-state index contributed by atoms with van der Waals surface area (Å²) in [7, 11) is 0. The van der Waals surface area contributed by atoms with Gasteiger partial charge < -0.3 is 10.2 Å². The smallest absolute Gasteiger partial charge is 0.317 e. The summed E-state index contributed by atoms with van der Waals surface area (Å²) in [4.78, 5) is 38.8. The number of rotatable bonds is 6. The molecule has 10 heteroatoms. The molecular formula is C10H10N4O5S. The second-order valence-corrected chi connectivity index (χ2v) is 4.76. The van der Waals surface area contributed by atoms with Crippen LogP contribution >= 0.6 is 11.3 Å². The zero-order chi connectivity index (χ0) is 14.7.